The first-order valence-corrected chi connectivity index (χ1v) is 8.25. The van der Waals surface area contributed by atoms with E-state index < -0.39 is 29.7 Å². The Morgan fingerprint density at radius 1 is 1.14 bits per heavy atom. The number of hydrogen-bond acceptors (Lipinski definition) is 3. The maximum absolute atomic E-state index is 13.7. The highest BCUT2D eigenvalue weighted by Gasteiger charge is 2.31. The van der Waals surface area contributed by atoms with Gasteiger partial charge in [0, 0.05) is 23.3 Å². The van der Waals surface area contributed by atoms with Gasteiger partial charge < -0.3 is 15.0 Å². The Labute approximate surface area is 162 Å². The molecule has 0 fully saturated rings. The first kappa shape index (κ1) is 21.5. The van der Waals surface area contributed by atoms with Crippen molar-refractivity contribution in [1.29, 1.82) is 0 Å². The Hall–Kier alpha value is -2.81. The number of rotatable bonds is 6. The number of likely N-dealkylation sites (N-methyl/N-ethyl adjacent to an activating group) is 1. The number of nitrogens with zero attached hydrogens (tertiary/aromatic N) is 1. The molecule has 2 aromatic rings. The molecule has 0 aliphatic carbocycles. The Kier molecular flexibility index (Phi) is 6.85. The van der Waals surface area contributed by atoms with Crippen molar-refractivity contribution in [1.82, 2.24) is 4.90 Å². The molecule has 0 radical (unpaired) electrons. The molecule has 0 bridgehead atoms. The topological polar surface area (TPSA) is 58.6 Å². The van der Waals surface area contributed by atoms with E-state index in [1.54, 1.807) is 0 Å². The molecule has 0 aliphatic rings. The number of carbonyl (C=O) groups is 2. The normalized spacial score (nSPS) is 11.1. The molecule has 0 heterocycles. The fourth-order valence-corrected chi connectivity index (χ4v) is 2.46. The van der Waals surface area contributed by atoms with Crippen LogP contribution in [0, 0.1) is 5.82 Å². The third-order valence-corrected chi connectivity index (χ3v) is 3.92. The molecule has 5 nitrogen and oxygen atoms in total. The molecule has 2 rings (SSSR count). The molecule has 0 aliphatic heterocycles. The highest BCUT2D eigenvalue weighted by molar-refractivity contribution is 6.31. The van der Waals surface area contributed by atoms with Gasteiger partial charge in [0.05, 0.1) is 13.0 Å². The van der Waals surface area contributed by atoms with E-state index in [9.17, 15) is 27.2 Å². The lowest BCUT2D eigenvalue weighted by Gasteiger charge is -2.17. The number of anilines is 1. The van der Waals surface area contributed by atoms with E-state index in [0.717, 1.165) is 17.0 Å². The smallest absolute Gasteiger partial charge is 0.406 e. The van der Waals surface area contributed by atoms with Crippen LogP contribution in [-0.4, -0.2) is 36.7 Å². The van der Waals surface area contributed by atoms with Gasteiger partial charge in [0.2, 0.25) is 11.8 Å². The highest BCUT2D eigenvalue weighted by Crippen LogP contribution is 2.24. The fraction of sp³-hybridized carbons (Fsp3) is 0.222. The van der Waals surface area contributed by atoms with E-state index in [2.05, 4.69) is 10.1 Å². The molecule has 2 aromatic carbocycles. The van der Waals surface area contributed by atoms with Crippen LogP contribution in [-0.2, 0) is 16.0 Å². The van der Waals surface area contributed by atoms with Gasteiger partial charge in [0.15, 0.2) is 0 Å². The zero-order valence-electron chi connectivity index (χ0n) is 14.5. The lowest BCUT2D eigenvalue weighted by Crippen LogP contribution is -2.36. The van der Waals surface area contributed by atoms with Gasteiger partial charge in [-0.25, -0.2) is 4.39 Å². The highest BCUT2D eigenvalue weighted by atomic mass is 35.5. The number of halogens is 5. The van der Waals surface area contributed by atoms with Crippen LogP contribution in [0.25, 0.3) is 0 Å². The third kappa shape index (κ3) is 6.41. The van der Waals surface area contributed by atoms with Gasteiger partial charge >= 0.3 is 6.36 Å². The molecule has 0 saturated carbocycles. The molecular weight excluding hydrogens is 404 g/mol. The lowest BCUT2D eigenvalue weighted by molar-refractivity contribution is -0.274. The van der Waals surface area contributed by atoms with Crippen LogP contribution in [0.3, 0.4) is 0 Å². The van der Waals surface area contributed by atoms with Crippen LogP contribution >= 0.6 is 11.6 Å². The fourth-order valence-electron chi connectivity index (χ4n) is 2.23. The molecular formula is C18H15ClF4N2O3. The number of carbonyl (C=O) groups excluding carboxylic acids is 2. The minimum atomic E-state index is -4.81. The maximum Gasteiger partial charge on any atom is 0.573 e. The first-order chi connectivity index (χ1) is 13.0. The van der Waals surface area contributed by atoms with Crippen LogP contribution in [0.15, 0.2) is 42.5 Å². The predicted molar refractivity (Wildman–Crippen MR) is 94.5 cm³/mol. The zero-order valence-corrected chi connectivity index (χ0v) is 15.3. The summed E-state index contributed by atoms with van der Waals surface area (Å²) in [4.78, 5) is 25.3. The zero-order chi connectivity index (χ0) is 20.9. The average Bonchev–Trinajstić information content (AvgIpc) is 2.58. The molecule has 150 valence electrons. The van der Waals surface area contributed by atoms with Crippen molar-refractivity contribution in [3.05, 3.63) is 58.9 Å². The molecule has 1 N–H and O–H groups in total. The summed E-state index contributed by atoms with van der Waals surface area (Å²) in [6.07, 6.45) is -5.13. The van der Waals surface area contributed by atoms with Crippen molar-refractivity contribution in [3.8, 4) is 5.75 Å². The van der Waals surface area contributed by atoms with Gasteiger partial charge in [0.25, 0.3) is 0 Å². The third-order valence-electron chi connectivity index (χ3n) is 3.57. The van der Waals surface area contributed by atoms with Crippen LogP contribution in [0.1, 0.15) is 5.56 Å². The van der Waals surface area contributed by atoms with Gasteiger partial charge in [0.1, 0.15) is 11.6 Å². The second-order valence-corrected chi connectivity index (χ2v) is 6.15. The van der Waals surface area contributed by atoms with E-state index in [-0.39, 0.29) is 29.2 Å². The maximum atomic E-state index is 13.7. The van der Waals surface area contributed by atoms with Crippen LogP contribution in [0.2, 0.25) is 5.02 Å². The van der Waals surface area contributed by atoms with Crippen molar-refractivity contribution < 1.29 is 31.9 Å². The molecule has 0 spiro atoms. The summed E-state index contributed by atoms with van der Waals surface area (Å²) in [6.45, 7) is -0.342. The molecule has 28 heavy (non-hydrogen) atoms. The largest absolute Gasteiger partial charge is 0.573 e. The van der Waals surface area contributed by atoms with E-state index in [1.165, 1.54) is 37.4 Å². The predicted octanol–water partition coefficient (Wildman–Crippen LogP) is 4.02. The summed E-state index contributed by atoms with van der Waals surface area (Å²) in [5.41, 5.74) is 0.249. The monoisotopic (exact) mass is 418 g/mol. The van der Waals surface area contributed by atoms with Crippen molar-refractivity contribution >= 4 is 29.1 Å². The summed E-state index contributed by atoms with van der Waals surface area (Å²) in [7, 11) is 1.36. The molecule has 2 amide bonds. The second kappa shape index (κ2) is 8.92. The number of nitrogens with one attached hydrogen (secondary N) is 1. The van der Waals surface area contributed by atoms with E-state index in [0.29, 0.717) is 0 Å². The summed E-state index contributed by atoms with van der Waals surface area (Å²) in [6, 6.07) is 8.56. The standard InChI is InChI=1S/C18H15ClF4N2O3/c1-25(17(27)9-13-14(19)3-2-4-15(13)20)10-16(26)24-11-5-7-12(8-6-11)28-18(21,22)23/h2-8H,9-10H2,1H3,(H,24,26). The molecule has 0 unspecified atom stereocenters. The number of amides is 2. The van der Waals surface area contributed by atoms with Gasteiger partial charge in [-0.2, -0.15) is 0 Å². The quantitative estimate of drug-likeness (QED) is 0.721. The summed E-state index contributed by atoms with van der Waals surface area (Å²) in [5.74, 6) is -2.17. The van der Waals surface area contributed by atoms with Crippen molar-refractivity contribution in [2.24, 2.45) is 0 Å². The Morgan fingerprint density at radius 2 is 1.79 bits per heavy atom. The van der Waals surface area contributed by atoms with Gasteiger partial charge in [-0.05, 0) is 36.4 Å². The van der Waals surface area contributed by atoms with Crippen molar-refractivity contribution in [3.63, 3.8) is 0 Å². The lowest BCUT2D eigenvalue weighted by atomic mass is 10.1. The Bertz CT molecular complexity index is 837. The Morgan fingerprint density at radius 3 is 2.36 bits per heavy atom. The number of ether oxygens (including phenoxy) is 1. The van der Waals surface area contributed by atoms with Crippen LogP contribution in [0.5, 0.6) is 5.75 Å². The van der Waals surface area contributed by atoms with Crippen LogP contribution < -0.4 is 10.1 Å². The average molecular weight is 419 g/mol. The summed E-state index contributed by atoms with van der Waals surface area (Å²) >= 11 is 5.87. The molecule has 0 aromatic heterocycles. The van der Waals surface area contributed by atoms with Gasteiger partial charge in [-0.3, -0.25) is 9.59 Å². The number of benzene rings is 2. The minimum Gasteiger partial charge on any atom is -0.406 e. The first-order valence-electron chi connectivity index (χ1n) is 7.87. The van der Waals surface area contributed by atoms with Crippen molar-refractivity contribution in [2.75, 3.05) is 18.9 Å². The Balaban J connectivity index is 1.90. The van der Waals surface area contributed by atoms with Crippen LogP contribution in [0.4, 0.5) is 23.2 Å². The van der Waals surface area contributed by atoms with E-state index >= 15 is 0 Å². The second-order valence-electron chi connectivity index (χ2n) is 5.75. The molecule has 10 heteroatoms. The SMILES string of the molecule is CN(CC(=O)Nc1ccc(OC(F)(F)F)cc1)C(=O)Cc1c(F)cccc1Cl. The van der Waals surface area contributed by atoms with Gasteiger partial charge in [-0.15, -0.1) is 13.2 Å². The van der Waals surface area contributed by atoms with Crippen molar-refractivity contribution in [2.45, 2.75) is 12.8 Å². The molecule has 0 atom stereocenters. The summed E-state index contributed by atoms with van der Waals surface area (Å²) < 4.78 is 53.8. The number of hydrogen-bond donors (Lipinski definition) is 1. The number of alkyl halides is 3. The summed E-state index contributed by atoms with van der Waals surface area (Å²) in [5, 5.41) is 2.54. The minimum absolute atomic E-state index is 0.0293. The van der Waals surface area contributed by atoms with E-state index in [4.69, 9.17) is 11.6 Å². The van der Waals surface area contributed by atoms with Gasteiger partial charge in [-0.1, -0.05) is 17.7 Å². The molecule has 0 saturated heterocycles. The van der Waals surface area contributed by atoms with E-state index in [1.807, 2.05) is 0 Å².